The molecule has 1 unspecified atom stereocenters. The van der Waals surface area contributed by atoms with E-state index in [1.807, 2.05) is 30.3 Å². The van der Waals surface area contributed by atoms with Crippen LogP contribution in [0.1, 0.15) is 23.5 Å². The normalized spacial score (nSPS) is 12.1. The Hall–Kier alpha value is -2.16. The summed E-state index contributed by atoms with van der Waals surface area (Å²) >= 11 is 0. The van der Waals surface area contributed by atoms with Crippen LogP contribution in [0.25, 0.3) is 0 Å². The molecule has 98 valence electrons. The number of carbonyl (C=O) groups is 1. The van der Waals surface area contributed by atoms with Gasteiger partial charge in [0.15, 0.2) is 0 Å². The van der Waals surface area contributed by atoms with E-state index in [0.717, 1.165) is 5.56 Å². The topological polar surface area (TPSA) is 37.3 Å². The Morgan fingerprint density at radius 2 is 1.84 bits per heavy atom. The van der Waals surface area contributed by atoms with Gasteiger partial charge in [0.05, 0.1) is 5.92 Å². The van der Waals surface area contributed by atoms with E-state index in [1.165, 1.54) is 12.1 Å². The van der Waals surface area contributed by atoms with E-state index in [4.69, 9.17) is 0 Å². The Balaban J connectivity index is 2.11. The van der Waals surface area contributed by atoms with Crippen LogP contribution in [0.2, 0.25) is 0 Å². The first kappa shape index (κ1) is 13.3. The average molecular weight is 258 g/mol. The molecule has 0 saturated heterocycles. The van der Waals surface area contributed by atoms with E-state index in [-0.39, 0.29) is 0 Å². The highest BCUT2D eigenvalue weighted by Gasteiger charge is 2.19. The minimum atomic E-state index is -0.915. The van der Waals surface area contributed by atoms with Crippen molar-refractivity contribution in [3.63, 3.8) is 0 Å². The molecule has 0 saturated carbocycles. The molecule has 2 nitrogen and oxygen atoms in total. The second-order valence-electron chi connectivity index (χ2n) is 4.47. The lowest BCUT2D eigenvalue weighted by Crippen LogP contribution is -2.12. The van der Waals surface area contributed by atoms with Crippen LogP contribution in [0.15, 0.2) is 54.6 Å². The van der Waals surface area contributed by atoms with Crippen molar-refractivity contribution in [3.8, 4) is 0 Å². The lowest BCUT2D eigenvalue weighted by atomic mass is 9.92. The zero-order valence-electron chi connectivity index (χ0n) is 10.4. The number of halogens is 1. The van der Waals surface area contributed by atoms with Gasteiger partial charge in [-0.3, -0.25) is 4.79 Å². The van der Waals surface area contributed by atoms with Gasteiger partial charge >= 0.3 is 5.97 Å². The van der Waals surface area contributed by atoms with Gasteiger partial charge in [0, 0.05) is 0 Å². The van der Waals surface area contributed by atoms with Crippen LogP contribution in [-0.4, -0.2) is 11.1 Å². The second kappa shape index (κ2) is 6.14. The van der Waals surface area contributed by atoms with Gasteiger partial charge in [-0.2, -0.15) is 0 Å². The number of aryl methyl sites for hydroxylation is 1. The van der Waals surface area contributed by atoms with E-state index in [1.54, 1.807) is 12.1 Å². The molecule has 0 aliphatic rings. The molecule has 2 aromatic rings. The predicted octanol–water partition coefficient (Wildman–Crippen LogP) is 3.63. The van der Waals surface area contributed by atoms with Gasteiger partial charge in [0.1, 0.15) is 5.82 Å². The first-order valence-electron chi connectivity index (χ1n) is 6.19. The third-order valence-electron chi connectivity index (χ3n) is 3.11. The minimum absolute atomic E-state index is 0.400. The summed E-state index contributed by atoms with van der Waals surface area (Å²) in [6, 6.07) is 15.5. The summed E-state index contributed by atoms with van der Waals surface area (Å²) in [5.74, 6) is -1.99. The van der Waals surface area contributed by atoms with Gasteiger partial charge < -0.3 is 5.11 Å². The largest absolute Gasteiger partial charge is 0.481 e. The molecule has 0 heterocycles. The first-order chi connectivity index (χ1) is 9.16. The van der Waals surface area contributed by atoms with Crippen LogP contribution in [0.5, 0.6) is 0 Å². The molecule has 0 bridgehead atoms. The Bertz CT molecular complexity index is 552. The molecule has 0 radical (unpaired) electrons. The van der Waals surface area contributed by atoms with Crippen LogP contribution >= 0.6 is 0 Å². The van der Waals surface area contributed by atoms with Crippen LogP contribution in [-0.2, 0) is 11.2 Å². The summed E-state index contributed by atoms with van der Waals surface area (Å²) in [4.78, 5) is 11.3. The quantitative estimate of drug-likeness (QED) is 0.889. The van der Waals surface area contributed by atoms with Crippen molar-refractivity contribution in [2.75, 3.05) is 0 Å². The molecular formula is C16H15FO2. The number of benzene rings is 2. The standard InChI is InChI=1S/C16H15FO2/c17-14-8-4-7-13(11-14)15(16(18)19)10-9-12-5-2-1-3-6-12/h1-8,11,15H,9-10H2,(H,18,19). The molecule has 0 aliphatic heterocycles. The molecule has 0 fully saturated rings. The molecule has 0 aromatic heterocycles. The van der Waals surface area contributed by atoms with Crippen LogP contribution in [0.3, 0.4) is 0 Å². The van der Waals surface area contributed by atoms with Crippen molar-refractivity contribution in [1.29, 1.82) is 0 Å². The fourth-order valence-corrected chi connectivity index (χ4v) is 2.11. The Labute approximate surface area is 111 Å². The van der Waals surface area contributed by atoms with Gasteiger partial charge in [0.25, 0.3) is 0 Å². The molecule has 0 spiro atoms. The summed E-state index contributed by atoms with van der Waals surface area (Å²) in [5.41, 5.74) is 1.61. The third-order valence-corrected chi connectivity index (χ3v) is 3.11. The smallest absolute Gasteiger partial charge is 0.310 e. The van der Waals surface area contributed by atoms with E-state index in [9.17, 15) is 14.3 Å². The van der Waals surface area contributed by atoms with Crippen molar-refractivity contribution in [3.05, 3.63) is 71.5 Å². The monoisotopic (exact) mass is 258 g/mol. The SMILES string of the molecule is O=C(O)C(CCc1ccccc1)c1cccc(F)c1. The Morgan fingerprint density at radius 1 is 1.11 bits per heavy atom. The zero-order valence-corrected chi connectivity index (χ0v) is 10.4. The predicted molar refractivity (Wildman–Crippen MR) is 71.5 cm³/mol. The molecule has 2 aromatic carbocycles. The fourth-order valence-electron chi connectivity index (χ4n) is 2.11. The fraction of sp³-hybridized carbons (Fsp3) is 0.188. The maximum Gasteiger partial charge on any atom is 0.310 e. The molecule has 3 heteroatoms. The molecule has 0 aliphatic carbocycles. The summed E-state index contributed by atoms with van der Waals surface area (Å²) in [6.07, 6.45) is 1.12. The van der Waals surface area contributed by atoms with Crippen LogP contribution in [0.4, 0.5) is 4.39 Å². The van der Waals surface area contributed by atoms with Crippen LogP contribution < -0.4 is 0 Å². The highest BCUT2D eigenvalue weighted by atomic mass is 19.1. The zero-order chi connectivity index (χ0) is 13.7. The van der Waals surface area contributed by atoms with E-state index in [0.29, 0.717) is 18.4 Å². The molecule has 1 atom stereocenters. The number of aliphatic carboxylic acids is 1. The molecule has 19 heavy (non-hydrogen) atoms. The van der Waals surface area contributed by atoms with Gasteiger partial charge in [-0.05, 0) is 36.1 Å². The molecule has 1 N–H and O–H groups in total. The molecule has 2 rings (SSSR count). The number of hydrogen-bond donors (Lipinski definition) is 1. The highest BCUT2D eigenvalue weighted by Crippen LogP contribution is 2.23. The maximum atomic E-state index is 13.2. The Kier molecular flexibility index (Phi) is 4.29. The Morgan fingerprint density at radius 3 is 2.47 bits per heavy atom. The van der Waals surface area contributed by atoms with E-state index >= 15 is 0 Å². The van der Waals surface area contributed by atoms with E-state index < -0.39 is 17.7 Å². The van der Waals surface area contributed by atoms with Crippen molar-refractivity contribution >= 4 is 5.97 Å². The maximum absolute atomic E-state index is 13.2. The number of carboxylic acid groups (broad SMARTS) is 1. The highest BCUT2D eigenvalue weighted by molar-refractivity contribution is 5.76. The lowest BCUT2D eigenvalue weighted by molar-refractivity contribution is -0.138. The third kappa shape index (κ3) is 3.65. The van der Waals surface area contributed by atoms with Crippen molar-refractivity contribution in [2.45, 2.75) is 18.8 Å². The van der Waals surface area contributed by atoms with Crippen LogP contribution in [0, 0.1) is 5.82 Å². The lowest BCUT2D eigenvalue weighted by Gasteiger charge is -2.12. The number of carboxylic acids is 1. The van der Waals surface area contributed by atoms with Gasteiger partial charge in [0.2, 0.25) is 0 Å². The van der Waals surface area contributed by atoms with Crippen molar-refractivity contribution in [2.24, 2.45) is 0 Å². The summed E-state index contributed by atoms with van der Waals surface area (Å²) < 4.78 is 13.2. The van der Waals surface area contributed by atoms with Gasteiger partial charge in [-0.15, -0.1) is 0 Å². The molecular weight excluding hydrogens is 243 g/mol. The first-order valence-corrected chi connectivity index (χ1v) is 6.19. The second-order valence-corrected chi connectivity index (χ2v) is 4.47. The minimum Gasteiger partial charge on any atom is -0.481 e. The van der Waals surface area contributed by atoms with E-state index in [2.05, 4.69) is 0 Å². The van der Waals surface area contributed by atoms with Gasteiger partial charge in [-0.1, -0.05) is 42.5 Å². The summed E-state index contributed by atoms with van der Waals surface area (Å²) in [5, 5.41) is 9.27. The average Bonchev–Trinajstić information content (AvgIpc) is 2.40. The molecule has 0 amide bonds. The van der Waals surface area contributed by atoms with Crippen molar-refractivity contribution in [1.82, 2.24) is 0 Å². The number of hydrogen-bond acceptors (Lipinski definition) is 1. The van der Waals surface area contributed by atoms with Crippen molar-refractivity contribution < 1.29 is 14.3 Å². The number of rotatable bonds is 5. The summed E-state index contributed by atoms with van der Waals surface area (Å²) in [6.45, 7) is 0. The summed E-state index contributed by atoms with van der Waals surface area (Å²) in [7, 11) is 0. The van der Waals surface area contributed by atoms with Gasteiger partial charge in [-0.25, -0.2) is 4.39 Å².